The van der Waals surface area contributed by atoms with Gasteiger partial charge >= 0.3 is 0 Å². The molecule has 1 aliphatic rings. The molecule has 4 nitrogen and oxygen atoms in total. The Morgan fingerprint density at radius 2 is 2.33 bits per heavy atom. The number of hydrogen-bond donors (Lipinski definition) is 1. The highest BCUT2D eigenvalue weighted by Gasteiger charge is 2.12. The Labute approximate surface area is 107 Å². The fourth-order valence-electron chi connectivity index (χ4n) is 2.50. The first-order valence-corrected chi connectivity index (χ1v) is 6.63. The first kappa shape index (κ1) is 11.3. The van der Waals surface area contributed by atoms with Crippen LogP contribution in [0.15, 0.2) is 24.5 Å². The van der Waals surface area contributed by atoms with Gasteiger partial charge in [-0.2, -0.15) is 0 Å². The molecule has 1 N–H and O–H groups in total. The molecule has 0 fully saturated rings. The zero-order chi connectivity index (χ0) is 12.4. The quantitative estimate of drug-likeness (QED) is 0.900. The number of hydrogen-bond acceptors (Lipinski definition) is 3. The van der Waals surface area contributed by atoms with Gasteiger partial charge in [-0.3, -0.25) is 0 Å². The van der Waals surface area contributed by atoms with Crippen LogP contribution in [0, 0.1) is 0 Å². The van der Waals surface area contributed by atoms with E-state index in [-0.39, 0.29) is 0 Å². The average molecular weight is 242 g/mol. The Hall–Kier alpha value is -1.84. The lowest BCUT2D eigenvalue weighted by molar-refractivity contribution is 0.682. The highest BCUT2D eigenvalue weighted by molar-refractivity contribution is 5.64. The first-order valence-electron chi connectivity index (χ1n) is 6.63. The van der Waals surface area contributed by atoms with E-state index in [1.165, 1.54) is 23.2 Å². The Bertz CT molecular complexity index is 544. The second-order valence-corrected chi connectivity index (χ2v) is 4.75. The molecule has 0 amide bonds. The molecule has 1 aliphatic heterocycles. The van der Waals surface area contributed by atoms with Gasteiger partial charge < -0.3 is 9.88 Å². The standard InChI is InChI=1S/C14H18N4/c1-2-8-18-10-16-17-14(18)12-5-6-13-11(9-12)4-3-7-15-13/h5-6,9-10,15H,2-4,7-8H2,1H3. The van der Waals surface area contributed by atoms with E-state index in [4.69, 9.17) is 0 Å². The lowest BCUT2D eigenvalue weighted by atomic mass is 10.0. The van der Waals surface area contributed by atoms with Gasteiger partial charge in [-0.25, -0.2) is 0 Å². The summed E-state index contributed by atoms with van der Waals surface area (Å²) in [5.41, 5.74) is 3.83. The van der Waals surface area contributed by atoms with E-state index in [1.54, 1.807) is 0 Å². The minimum Gasteiger partial charge on any atom is -0.385 e. The summed E-state index contributed by atoms with van der Waals surface area (Å²) in [5.74, 6) is 0.977. The van der Waals surface area contributed by atoms with Crippen LogP contribution in [0.1, 0.15) is 25.3 Å². The van der Waals surface area contributed by atoms with Gasteiger partial charge in [-0.15, -0.1) is 10.2 Å². The number of anilines is 1. The molecule has 2 aromatic rings. The SMILES string of the molecule is CCCn1cnnc1-c1ccc2c(c1)CCCN2. The molecule has 2 heterocycles. The van der Waals surface area contributed by atoms with Gasteiger partial charge in [0.15, 0.2) is 5.82 Å². The summed E-state index contributed by atoms with van der Waals surface area (Å²) in [6.45, 7) is 4.22. The molecule has 0 unspecified atom stereocenters. The van der Waals surface area contributed by atoms with E-state index < -0.39 is 0 Å². The van der Waals surface area contributed by atoms with Crippen molar-refractivity contribution in [3.63, 3.8) is 0 Å². The molecule has 0 saturated heterocycles. The van der Waals surface area contributed by atoms with Crippen molar-refractivity contribution in [2.75, 3.05) is 11.9 Å². The van der Waals surface area contributed by atoms with Gasteiger partial charge in [0.05, 0.1) is 0 Å². The van der Waals surface area contributed by atoms with Crippen molar-refractivity contribution in [3.8, 4) is 11.4 Å². The molecule has 1 aromatic carbocycles. The molecule has 0 saturated carbocycles. The zero-order valence-electron chi connectivity index (χ0n) is 10.7. The first-order chi connectivity index (χ1) is 8.88. The van der Waals surface area contributed by atoms with Crippen molar-refractivity contribution in [3.05, 3.63) is 30.1 Å². The van der Waals surface area contributed by atoms with Crippen LogP contribution in [0.4, 0.5) is 5.69 Å². The highest BCUT2D eigenvalue weighted by atomic mass is 15.3. The van der Waals surface area contributed by atoms with Crippen molar-refractivity contribution in [1.29, 1.82) is 0 Å². The number of nitrogens with one attached hydrogen (secondary N) is 1. The number of rotatable bonds is 3. The summed E-state index contributed by atoms with van der Waals surface area (Å²) in [4.78, 5) is 0. The minimum absolute atomic E-state index is 0.970. The Morgan fingerprint density at radius 1 is 1.39 bits per heavy atom. The predicted molar refractivity (Wildman–Crippen MR) is 72.6 cm³/mol. The van der Waals surface area contributed by atoms with E-state index in [0.29, 0.717) is 0 Å². The second kappa shape index (κ2) is 4.80. The van der Waals surface area contributed by atoms with Crippen LogP contribution in [-0.4, -0.2) is 21.3 Å². The van der Waals surface area contributed by atoms with Crippen LogP contribution in [0.5, 0.6) is 0 Å². The largest absolute Gasteiger partial charge is 0.385 e. The van der Waals surface area contributed by atoms with Gasteiger partial charge in [0, 0.05) is 24.3 Å². The minimum atomic E-state index is 0.970. The van der Waals surface area contributed by atoms with E-state index in [9.17, 15) is 0 Å². The van der Waals surface area contributed by atoms with E-state index in [2.05, 4.69) is 45.2 Å². The Morgan fingerprint density at radius 3 is 3.22 bits per heavy atom. The zero-order valence-corrected chi connectivity index (χ0v) is 10.7. The van der Waals surface area contributed by atoms with Crippen LogP contribution in [0.25, 0.3) is 11.4 Å². The van der Waals surface area contributed by atoms with Gasteiger partial charge in [0.1, 0.15) is 6.33 Å². The van der Waals surface area contributed by atoms with Gasteiger partial charge in [0.2, 0.25) is 0 Å². The van der Waals surface area contributed by atoms with Crippen molar-refractivity contribution >= 4 is 5.69 Å². The lowest BCUT2D eigenvalue weighted by Crippen LogP contribution is -2.11. The maximum atomic E-state index is 4.25. The molecule has 0 bridgehead atoms. The molecule has 0 aliphatic carbocycles. The van der Waals surface area contributed by atoms with Gasteiger partial charge in [0.25, 0.3) is 0 Å². The molecule has 94 valence electrons. The third kappa shape index (κ3) is 1.98. The van der Waals surface area contributed by atoms with Crippen molar-refractivity contribution < 1.29 is 0 Å². The topological polar surface area (TPSA) is 42.7 Å². The number of fused-ring (bicyclic) bond motifs is 1. The van der Waals surface area contributed by atoms with Crippen LogP contribution in [-0.2, 0) is 13.0 Å². The highest BCUT2D eigenvalue weighted by Crippen LogP contribution is 2.27. The molecular weight excluding hydrogens is 224 g/mol. The van der Waals surface area contributed by atoms with Crippen LogP contribution in [0.3, 0.4) is 0 Å². The summed E-state index contributed by atoms with van der Waals surface area (Å²) in [6, 6.07) is 6.54. The second-order valence-electron chi connectivity index (χ2n) is 4.75. The van der Waals surface area contributed by atoms with E-state index >= 15 is 0 Å². The molecular formula is C14H18N4. The molecule has 1 aromatic heterocycles. The smallest absolute Gasteiger partial charge is 0.163 e. The molecule has 18 heavy (non-hydrogen) atoms. The number of aryl methyl sites for hydroxylation is 2. The molecule has 4 heteroatoms. The fraction of sp³-hybridized carbons (Fsp3) is 0.429. The normalized spacial score (nSPS) is 14.1. The number of aromatic nitrogens is 3. The molecule has 0 atom stereocenters. The fourth-order valence-corrected chi connectivity index (χ4v) is 2.50. The van der Waals surface area contributed by atoms with Crippen molar-refractivity contribution in [1.82, 2.24) is 14.8 Å². The Kier molecular flexibility index (Phi) is 3.00. The van der Waals surface area contributed by atoms with Crippen molar-refractivity contribution in [2.45, 2.75) is 32.7 Å². The monoisotopic (exact) mass is 242 g/mol. The molecule has 0 radical (unpaired) electrons. The third-order valence-corrected chi connectivity index (χ3v) is 3.38. The maximum Gasteiger partial charge on any atom is 0.163 e. The third-order valence-electron chi connectivity index (χ3n) is 3.38. The Balaban J connectivity index is 1.98. The van der Waals surface area contributed by atoms with Gasteiger partial charge in [-0.1, -0.05) is 6.92 Å². The average Bonchev–Trinajstić information content (AvgIpc) is 2.87. The lowest BCUT2D eigenvalue weighted by Gasteiger charge is -2.18. The summed E-state index contributed by atoms with van der Waals surface area (Å²) in [5, 5.41) is 11.7. The van der Waals surface area contributed by atoms with Crippen LogP contribution in [0.2, 0.25) is 0 Å². The van der Waals surface area contributed by atoms with E-state index in [1.807, 2.05) is 6.33 Å². The predicted octanol–water partition coefficient (Wildman–Crippen LogP) is 2.71. The maximum absolute atomic E-state index is 4.25. The van der Waals surface area contributed by atoms with Crippen LogP contribution < -0.4 is 5.32 Å². The molecule has 0 spiro atoms. The van der Waals surface area contributed by atoms with E-state index in [0.717, 1.165) is 31.8 Å². The van der Waals surface area contributed by atoms with Crippen molar-refractivity contribution in [2.24, 2.45) is 0 Å². The molecule has 3 rings (SSSR count). The van der Waals surface area contributed by atoms with Gasteiger partial charge in [-0.05, 0) is 43.0 Å². The summed E-state index contributed by atoms with van der Waals surface area (Å²) < 4.78 is 2.12. The number of nitrogens with zero attached hydrogens (tertiary/aromatic N) is 3. The summed E-state index contributed by atoms with van der Waals surface area (Å²) in [6.07, 6.45) is 5.27. The summed E-state index contributed by atoms with van der Waals surface area (Å²) >= 11 is 0. The van der Waals surface area contributed by atoms with Crippen LogP contribution >= 0.6 is 0 Å². The number of benzene rings is 1. The summed E-state index contributed by atoms with van der Waals surface area (Å²) in [7, 11) is 0.